The summed E-state index contributed by atoms with van der Waals surface area (Å²) in [5, 5.41) is 3.26. The van der Waals surface area contributed by atoms with Crippen LogP contribution in [0, 0.1) is 0 Å². The molecule has 0 aromatic heterocycles. The average Bonchev–Trinajstić information content (AvgIpc) is 2.57. The number of hydrogen-bond acceptors (Lipinski definition) is 3. The van der Waals surface area contributed by atoms with E-state index >= 15 is 0 Å². The topological polar surface area (TPSA) is 37.1 Å². The molecule has 2 aliphatic heterocycles. The van der Waals surface area contributed by atoms with Crippen molar-refractivity contribution in [3.05, 3.63) is 0 Å². The van der Waals surface area contributed by atoms with Crippen molar-refractivity contribution in [2.75, 3.05) is 26.3 Å². The minimum atomic E-state index is 0.503. The molecule has 3 heteroatoms. The Morgan fingerprint density at radius 1 is 1.11 bits per heavy atom. The Kier molecular flexibility index (Phi) is 1.41. The minimum absolute atomic E-state index is 0.503. The molecule has 2 heterocycles. The van der Waals surface area contributed by atoms with Gasteiger partial charge in [0.1, 0.15) is 0 Å². The highest BCUT2D eigenvalue weighted by Crippen LogP contribution is 2.09. The van der Waals surface area contributed by atoms with Gasteiger partial charge in [-0.3, -0.25) is 0 Å². The molecule has 2 fully saturated rings. The van der Waals surface area contributed by atoms with Gasteiger partial charge >= 0.3 is 0 Å². The second-order valence-corrected chi connectivity index (χ2v) is 2.57. The number of rotatable bonds is 4. The van der Waals surface area contributed by atoms with Gasteiger partial charge in [-0.2, -0.15) is 0 Å². The van der Waals surface area contributed by atoms with Gasteiger partial charge in [-0.25, -0.2) is 0 Å². The van der Waals surface area contributed by atoms with Crippen LogP contribution in [-0.4, -0.2) is 38.5 Å². The first kappa shape index (κ1) is 5.65. The molecule has 3 nitrogen and oxygen atoms in total. The van der Waals surface area contributed by atoms with E-state index in [9.17, 15) is 0 Å². The lowest BCUT2D eigenvalue weighted by Gasteiger charge is -1.95. The standard InChI is InChI=1S/C6H11NO2/c1(5-3-8-5)7-2-6-4-9-6/h5-7H,1-4H2/t5-,6?/m0/s1. The van der Waals surface area contributed by atoms with Crippen LogP contribution in [0.2, 0.25) is 0 Å². The molecule has 0 saturated carbocycles. The predicted molar refractivity (Wildman–Crippen MR) is 32.3 cm³/mol. The third-order valence-corrected chi connectivity index (χ3v) is 1.55. The Hall–Kier alpha value is -0.120. The third kappa shape index (κ3) is 1.93. The average molecular weight is 129 g/mol. The summed E-state index contributed by atoms with van der Waals surface area (Å²) in [6.45, 7) is 3.89. The van der Waals surface area contributed by atoms with Crippen molar-refractivity contribution < 1.29 is 9.47 Å². The Morgan fingerprint density at radius 2 is 1.56 bits per heavy atom. The van der Waals surface area contributed by atoms with Gasteiger partial charge in [-0.05, 0) is 0 Å². The highest BCUT2D eigenvalue weighted by molar-refractivity contribution is 4.76. The second kappa shape index (κ2) is 2.25. The van der Waals surface area contributed by atoms with Crippen molar-refractivity contribution in [2.45, 2.75) is 12.2 Å². The predicted octanol–water partition coefficient (Wildman–Crippen LogP) is -0.626. The first-order valence-electron chi connectivity index (χ1n) is 3.39. The summed E-state index contributed by atoms with van der Waals surface area (Å²) >= 11 is 0. The zero-order valence-corrected chi connectivity index (χ0v) is 5.30. The molecule has 9 heavy (non-hydrogen) atoms. The van der Waals surface area contributed by atoms with Crippen LogP contribution in [0.4, 0.5) is 0 Å². The largest absolute Gasteiger partial charge is 0.372 e. The summed E-state index contributed by atoms with van der Waals surface area (Å²) in [4.78, 5) is 0. The Balaban J connectivity index is 1.46. The Labute approximate surface area is 54.3 Å². The van der Waals surface area contributed by atoms with Crippen molar-refractivity contribution in [1.82, 2.24) is 5.32 Å². The fourth-order valence-corrected chi connectivity index (χ4v) is 0.777. The van der Waals surface area contributed by atoms with Crippen molar-refractivity contribution in [3.63, 3.8) is 0 Å². The number of hydrogen-bond donors (Lipinski definition) is 1. The molecule has 0 radical (unpaired) electrons. The zero-order valence-electron chi connectivity index (χ0n) is 5.30. The first-order chi connectivity index (χ1) is 4.45. The maximum Gasteiger partial charge on any atom is 0.0933 e. The second-order valence-electron chi connectivity index (χ2n) is 2.57. The van der Waals surface area contributed by atoms with Crippen molar-refractivity contribution in [1.29, 1.82) is 0 Å². The molecule has 0 bridgehead atoms. The quantitative estimate of drug-likeness (QED) is 0.514. The summed E-state index contributed by atoms with van der Waals surface area (Å²) < 4.78 is 10.0. The van der Waals surface area contributed by atoms with Crippen LogP contribution in [0.5, 0.6) is 0 Å². The van der Waals surface area contributed by atoms with Crippen LogP contribution in [0.15, 0.2) is 0 Å². The normalized spacial score (nSPS) is 38.7. The lowest BCUT2D eigenvalue weighted by Crippen LogP contribution is -2.24. The Bertz CT molecular complexity index is 87.2. The van der Waals surface area contributed by atoms with Crippen molar-refractivity contribution in [2.24, 2.45) is 0 Å². The van der Waals surface area contributed by atoms with E-state index in [2.05, 4.69) is 5.32 Å². The summed E-state index contributed by atoms with van der Waals surface area (Å²) in [6, 6.07) is 0. The molecule has 2 atom stereocenters. The monoisotopic (exact) mass is 129 g/mol. The van der Waals surface area contributed by atoms with Gasteiger partial charge in [0.2, 0.25) is 0 Å². The maximum atomic E-state index is 5.01. The smallest absolute Gasteiger partial charge is 0.0933 e. The molecule has 0 aromatic carbocycles. The van der Waals surface area contributed by atoms with Crippen LogP contribution in [0.1, 0.15) is 0 Å². The molecular formula is C6H11NO2. The highest BCUT2D eigenvalue weighted by Gasteiger charge is 2.25. The molecule has 2 rings (SSSR count). The molecule has 2 aliphatic rings. The molecule has 0 amide bonds. The van der Waals surface area contributed by atoms with E-state index in [1.54, 1.807) is 0 Å². The zero-order chi connectivity index (χ0) is 6.10. The van der Waals surface area contributed by atoms with Gasteiger partial charge in [0.05, 0.1) is 25.4 Å². The van der Waals surface area contributed by atoms with E-state index in [0.717, 1.165) is 26.3 Å². The van der Waals surface area contributed by atoms with E-state index in [1.165, 1.54) is 0 Å². The number of epoxide rings is 2. The summed E-state index contributed by atoms with van der Waals surface area (Å²) in [5.74, 6) is 0. The van der Waals surface area contributed by atoms with Gasteiger partial charge in [-0.1, -0.05) is 0 Å². The van der Waals surface area contributed by atoms with Crippen LogP contribution in [0.25, 0.3) is 0 Å². The molecule has 0 aromatic rings. The van der Waals surface area contributed by atoms with E-state index in [1.807, 2.05) is 0 Å². The summed E-state index contributed by atoms with van der Waals surface area (Å²) in [6.07, 6.45) is 1.01. The first-order valence-corrected chi connectivity index (χ1v) is 3.39. The van der Waals surface area contributed by atoms with Crippen LogP contribution < -0.4 is 5.32 Å². The Morgan fingerprint density at radius 3 is 1.89 bits per heavy atom. The van der Waals surface area contributed by atoms with Crippen LogP contribution >= 0.6 is 0 Å². The molecule has 0 spiro atoms. The molecule has 1 N–H and O–H groups in total. The third-order valence-electron chi connectivity index (χ3n) is 1.55. The van der Waals surface area contributed by atoms with E-state index in [4.69, 9.17) is 9.47 Å². The molecule has 52 valence electrons. The van der Waals surface area contributed by atoms with E-state index < -0.39 is 0 Å². The number of nitrogens with one attached hydrogen (secondary N) is 1. The lowest BCUT2D eigenvalue weighted by atomic mass is 10.4. The van der Waals surface area contributed by atoms with Gasteiger partial charge < -0.3 is 14.8 Å². The highest BCUT2D eigenvalue weighted by atomic mass is 16.6. The lowest BCUT2D eigenvalue weighted by molar-refractivity contribution is 0.373. The van der Waals surface area contributed by atoms with E-state index in [0.29, 0.717) is 12.2 Å². The molecule has 0 aliphatic carbocycles. The molecule has 2 saturated heterocycles. The summed E-state index contributed by atoms with van der Waals surface area (Å²) in [5.41, 5.74) is 0. The fraction of sp³-hybridized carbons (Fsp3) is 1.00. The van der Waals surface area contributed by atoms with Crippen molar-refractivity contribution in [3.8, 4) is 0 Å². The fourth-order valence-electron chi connectivity index (χ4n) is 0.777. The maximum absolute atomic E-state index is 5.01. The van der Waals surface area contributed by atoms with Crippen LogP contribution in [-0.2, 0) is 9.47 Å². The SMILES string of the molecule is C(NC[C@H]1CO1)C1CO1. The number of ether oxygens (including phenoxy) is 2. The van der Waals surface area contributed by atoms with Gasteiger partial charge in [-0.15, -0.1) is 0 Å². The summed E-state index contributed by atoms with van der Waals surface area (Å²) in [7, 11) is 0. The van der Waals surface area contributed by atoms with E-state index in [-0.39, 0.29) is 0 Å². The van der Waals surface area contributed by atoms with Gasteiger partial charge in [0, 0.05) is 13.1 Å². The van der Waals surface area contributed by atoms with Gasteiger partial charge in [0.15, 0.2) is 0 Å². The van der Waals surface area contributed by atoms with Crippen LogP contribution in [0.3, 0.4) is 0 Å². The van der Waals surface area contributed by atoms with Gasteiger partial charge in [0.25, 0.3) is 0 Å². The minimum Gasteiger partial charge on any atom is -0.372 e. The molecular weight excluding hydrogens is 118 g/mol. The van der Waals surface area contributed by atoms with Crippen molar-refractivity contribution >= 4 is 0 Å². The molecule has 1 unspecified atom stereocenters.